The number of nitrogens with zero attached hydrogens (tertiary/aromatic N) is 1. The molecule has 6 nitrogen and oxygen atoms in total. The molecule has 0 saturated heterocycles. The predicted octanol–water partition coefficient (Wildman–Crippen LogP) is 0.119. The fourth-order valence-corrected chi connectivity index (χ4v) is 0.998. The van der Waals surface area contributed by atoms with Crippen molar-refractivity contribution < 1.29 is 19.8 Å². The molecular weight excluding hydrogens is 212 g/mol. The number of urea groups is 1. The van der Waals surface area contributed by atoms with Crippen LogP contribution in [-0.2, 0) is 4.79 Å². The van der Waals surface area contributed by atoms with Crippen LogP contribution in [0, 0.1) is 5.92 Å². The van der Waals surface area contributed by atoms with Crippen molar-refractivity contribution in [2.24, 2.45) is 5.92 Å². The lowest BCUT2D eigenvalue weighted by molar-refractivity contribution is -0.140. The van der Waals surface area contributed by atoms with Crippen molar-refractivity contribution in [3.63, 3.8) is 0 Å². The highest BCUT2D eigenvalue weighted by atomic mass is 16.4. The molecule has 2 amide bonds. The molecule has 0 aromatic rings. The van der Waals surface area contributed by atoms with Gasteiger partial charge in [-0.25, -0.2) is 9.59 Å². The van der Waals surface area contributed by atoms with Crippen LogP contribution in [0.15, 0.2) is 0 Å². The first-order valence-corrected chi connectivity index (χ1v) is 5.23. The standard InChI is InChI=1S/C10H20N2O4/c1-7(2)4-5-12(3)10(16)11-8(6-13)9(14)15/h7-8,13H,4-6H2,1-3H3,(H,11,16)(H,14,15)/t8-/m0/s1. The summed E-state index contributed by atoms with van der Waals surface area (Å²) in [4.78, 5) is 23.4. The van der Waals surface area contributed by atoms with Gasteiger partial charge < -0.3 is 20.4 Å². The summed E-state index contributed by atoms with van der Waals surface area (Å²) in [6.07, 6.45) is 0.848. The molecule has 0 aliphatic carbocycles. The highest BCUT2D eigenvalue weighted by molar-refractivity contribution is 5.82. The number of aliphatic hydroxyl groups excluding tert-OH is 1. The largest absolute Gasteiger partial charge is 0.480 e. The van der Waals surface area contributed by atoms with Gasteiger partial charge in [-0.15, -0.1) is 0 Å². The maximum absolute atomic E-state index is 11.5. The molecule has 94 valence electrons. The fraction of sp³-hybridized carbons (Fsp3) is 0.800. The van der Waals surface area contributed by atoms with Gasteiger partial charge in [0, 0.05) is 13.6 Å². The highest BCUT2D eigenvalue weighted by Crippen LogP contribution is 2.00. The van der Waals surface area contributed by atoms with E-state index in [2.05, 4.69) is 5.32 Å². The normalized spacial score (nSPS) is 12.3. The van der Waals surface area contributed by atoms with Crippen LogP contribution in [-0.4, -0.2) is 53.4 Å². The molecule has 0 bridgehead atoms. The zero-order valence-electron chi connectivity index (χ0n) is 9.93. The molecule has 0 spiro atoms. The average molecular weight is 232 g/mol. The number of carboxylic acid groups (broad SMARTS) is 1. The summed E-state index contributed by atoms with van der Waals surface area (Å²) < 4.78 is 0. The van der Waals surface area contributed by atoms with Crippen LogP contribution < -0.4 is 5.32 Å². The lowest BCUT2D eigenvalue weighted by Gasteiger charge is -2.21. The van der Waals surface area contributed by atoms with Gasteiger partial charge >= 0.3 is 12.0 Å². The van der Waals surface area contributed by atoms with E-state index in [1.807, 2.05) is 13.8 Å². The van der Waals surface area contributed by atoms with Gasteiger partial charge in [-0.2, -0.15) is 0 Å². The Bertz CT molecular complexity index is 243. The van der Waals surface area contributed by atoms with E-state index in [1.165, 1.54) is 4.90 Å². The van der Waals surface area contributed by atoms with E-state index in [0.29, 0.717) is 12.5 Å². The van der Waals surface area contributed by atoms with Crippen molar-refractivity contribution in [1.82, 2.24) is 10.2 Å². The van der Waals surface area contributed by atoms with E-state index >= 15 is 0 Å². The summed E-state index contributed by atoms with van der Waals surface area (Å²) in [5.74, 6) is -0.767. The molecule has 0 aliphatic heterocycles. The van der Waals surface area contributed by atoms with Gasteiger partial charge in [-0.3, -0.25) is 0 Å². The molecule has 0 rings (SSSR count). The van der Waals surface area contributed by atoms with Crippen LogP contribution in [0.3, 0.4) is 0 Å². The lowest BCUT2D eigenvalue weighted by Crippen LogP contribution is -2.48. The number of nitrogens with one attached hydrogen (secondary N) is 1. The summed E-state index contributed by atoms with van der Waals surface area (Å²) in [6.45, 7) is 4.03. The van der Waals surface area contributed by atoms with Gasteiger partial charge in [0.2, 0.25) is 0 Å². The van der Waals surface area contributed by atoms with Gasteiger partial charge in [-0.1, -0.05) is 13.8 Å². The van der Waals surface area contributed by atoms with E-state index in [9.17, 15) is 9.59 Å². The zero-order chi connectivity index (χ0) is 12.7. The second-order valence-corrected chi connectivity index (χ2v) is 4.13. The van der Waals surface area contributed by atoms with Gasteiger partial charge in [0.15, 0.2) is 6.04 Å². The third-order valence-corrected chi connectivity index (χ3v) is 2.17. The monoisotopic (exact) mass is 232 g/mol. The van der Waals surface area contributed by atoms with Crippen LogP contribution in [0.1, 0.15) is 20.3 Å². The third kappa shape index (κ3) is 5.55. The first-order chi connectivity index (χ1) is 7.38. The van der Waals surface area contributed by atoms with Crippen LogP contribution in [0.2, 0.25) is 0 Å². The van der Waals surface area contributed by atoms with Gasteiger partial charge in [0.05, 0.1) is 6.61 Å². The maximum atomic E-state index is 11.5. The van der Waals surface area contributed by atoms with Crippen molar-refractivity contribution in [1.29, 1.82) is 0 Å². The Morgan fingerprint density at radius 2 is 1.94 bits per heavy atom. The Labute approximate surface area is 95.2 Å². The molecule has 0 saturated carbocycles. The van der Waals surface area contributed by atoms with E-state index in [-0.39, 0.29) is 0 Å². The van der Waals surface area contributed by atoms with Gasteiger partial charge in [0.25, 0.3) is 0 Å². The minimum atomic E-state index is -1.24. The van der Waals surface area contributed by atoms with Crippen LogP contribution in [0.4, 0.5) is 4.79 Å². The molecule has 0 heterocycles. The fourth-order valence-electron chi connectivity index (χ4n) is 0.998. The quantitative estimate of drug-likeness (QED) is 0.606. The number of aliphatic hydroxyl groups is 1. The molecule has 0 aliphatic rings. The number of carbonyl (C=O) groups is 2. The molecule has 0 aromatic carbocycles. The molecule has 3 N–H and O–H groups in total. The van der Waals surface area contributed by atoms with Crippen LogP contribution >= 0.6 is 0 Å². The second-order valence-electron chi connectivity index (χ2n) is 4.13. The first kappa shape index (κ1) is 14.7. The molecule has 0 unspecified atom stereocenters. The first-order valence-electron chi connectivity index (χ1n) is 5.23. The molecule has 0 radical (unpaired) electrons. The molecular formula is C10H20N2O4. The summed E-state index contributed by atoms with van der Waals surface area (Å²) in [6, 6.07) is -1.73. The van der Waals surface area contributed by atoms with Crippen LogP contribution in [0.25, 0.3) is 0 Å². The van der Waals surface area contributed by atoms with Gasteiger partial charge in [0.1, 0.15) is 0 Å². The highest BCUT2D eigenvalue weighted by Gasteiger charge is 2.20. The number of rotatable bonds is 6. The average Bonchev–Trinajstić information content (AvgIpc) is 2.21. The second kappa shape index (κ2) is 7.05. The molecule has 0 aromatic heterocycles. The maximum Gasteiger partial charge on any atom is 0.328 e. The van der Waals surface area contributed by atoms with Crippen molar-refractivity contribution >= 4 is 12.0 Å². The lowest BCUT2D eigenvalue weighted by atomic mass is 10.1. The molecule has 1 atom stereocenters. The van der Waals surface area contributed by atoms with Crippen molar-refractivity contribution in [3.8, 4) is 0 Å². The van der Waals surface area contributed by atoms with Gasteiger partial charge in [-0.05, 0) is 12.3 Å². The summed E-state index contributed by atoms with van der Waals surface area (Å²) in [5, 5.41) is 19.6. The molecule has 0 fully saturated rings. The number of carboxylic acids is 1. The smallest absolute Gasteiger partial charge is 0.328 e. The summed E-state index contributed by atoms with van der Waals surface area (Å²) in [5.41, 5.74) is 0. The van der Waals surface area contributed by atoms with E-state index in [1.54, 1.807) is 7.05 Å². The minimum Gasteiger partial charge on any atom is -0.480 e. The Hall–Kier alpha value is -1.30. The predicted molar refractivity (Wildman–Crippen MR) is 59.1 cm³/mol. The van der Waals surface area contributed by atoms with Crippen molar-refractivity contribution in [2.45, 2.75) is 26.3 Å². The molecule has 16 heavy (non-hydrogen) atoms. The van der Waals surface area contributed by atoms with Crippen molar-refractivity contribution in [2.75, 3.05) is 20.2 Å². The number of carbonyl (C=O) groups excluding carboxylic acids is 1. The SMILES string of the molecule is CC(C)CCN(C)C(=O)N[C@@H](CO)C(=O)O. The Balaban J connectivity index is 4.08. The molecule has 6 heteroatoms. The zero-order valence-corrected chi connectivity index (χ0v) is 9.93. The van der Waals surface area contributed by atoms with Crippen LogP contribution in [0.5, 0.6) is 0 Å². The minimum absolute atomic E-state index is 0.475. The topological polar surface area (TPSA) is 89.9 Å². The van der Waals surface area contributed by atoms with E-state index in [4.69, 9.17) is 10.2 Å². The van der Waals surface area contributed by atoms with E-state index < -0.39 is 24.6 Å². The Morgan fingerprint density at radius 1 is 1.38 bits per heavy atom. The number of aliphatic carboxylic acids is 1. The summed E-state index contributed by atoms with van der Waals surface area (Å²) in [7, 11) is 1.59. The Kier molecular flexibility index (Phi) is 6.48. The summed E-state index contributed by atoms with van der Waals surface area (Å²) >= 11 is 0. The number of amides is 2. The number of hydrogen-bond donors (Lipinski definition) is 3. The van der Waals surface area contributed by atoms with Crippen molar-refractivity contribution in [3.05, 3.63) is 0 Å². The number of hydrogen-bond acceptors (Lipinski definition) is 3. The third-order valence-electron chi connectivity index (χ3n) is 2.17. The Morgan fingerprint density at radius 3 is 2.31 bits per heavy atom. The van der Waals surface area contributed by atoms with E-state index in [0.717, 1.165) is 6.42 Å².